The zero-order valence-electron chi connectivity index (χ0n) is 6.70. The maximum Gasteiger partial charge on any atom is 0.0348 e. The summed E-state index contributed by atoms with van der Waals surface area (Å²) in [6.07, 6.45) is 0. The van der Waals surface area contributed by atoms with E-state index in [4.69, 9.17) is 5.11 Å². The molecule has 1 aromatic carbocycles. The predicted molar refractivity (Wildman–Crippen MR) is 51.4 cm³/mol. The molecule has 0 aliphatic rings. The molecule has 2 N–H and O–H groups in total. The van der Waals surface area contributed by atoms with Gasteiger partial charge in [0.15, 0.2) is 0 Å². The molecule has 0 saturated carbocycles. The van der Waals surface area contributed by atoms with Crippen LogP contribution in [0.3, 0.4) is 0 Å². The number of hydrogen-bond donors (Lipinski definition) is 3. The third-order valence-corrected chi connectivity index (χ3v) is 1.41. The van der Waals surface area contributed by atoms with Crippen molar-refractivity contribution >= 4 is 18.3 Å². The molecule has 1 rings (SSSR count). The van der Waals surface area contributed by atoms with Crippen molar-refractivity contribution in [2.75, 3.05) is 19.5 Å². The van der Waals surface area contributed by atoms with Crippen LogP contribution < -0.4 is 5.32 Å². The van der Waals surface area contributed by atoms with E-state index in [1.165, 1.54) is 0 Å². The first-order valence-corrected chi connectivity index (χ1v) is 3.69. The van der Waals surface area contributed by atoms with Crippen LogP contribution in [0.1, 0.15) is 0 Å². The normalized spacial score (nSPS) is 8.00. The van der Waals surface area contributed by atoms with Gasteiger partial charge in [0.2, 0.25) is 0 Å². The summed E-state index contributed by atoms with van der Waals surface area (Å²) in [6.45, 7) is 0. The quantitative estimate of drug-likeness (QED) is 0.561. The molecule has 0 atom stereocenters. The maximum atomic E-state index is 7.00. The third-order valence-electron chi connectivity index (χ3n) is 1.13. The van der Waals surface area contributed by atoms with Gasteiger partial charge in [-0.3, -0.25) is 0 Å². The molecule has 0 spiro atoms. The Kier molecular flexibility index (Phi) is 5.70. The fraction of sp³-hybridized carbons (Fsp3) is 0.250. The largest absolute Gasteiger partial charge is 0.400 e. The molecular weight excluding hydrogens is 158 g/mol. The maximum absolute atomic E-state index is 7.00. The van der Waals surface area contributed by atoms with Crippen molar-refractivity contribution < 1.29 is 5.11 Å². The zero-order chi connectivity index (χ0) is 8.69. The molecule has 3 heteroatoms. The first-order chi connectivity index (χ1) is 5.33. The van der Waals surface area contributed by atoms with E-state index in [0.717, 1.165) is 17.7 Å². The molecule has 0 amide bonds. The summed E-state index contributed by atoms with van der Waals surface area (Å²) in [5, 5.41) is 10.0. The number of thiol groups is 1. The summed E-state index contributed by atoms with van der Waals surface area (Å²) in [6, 6.07) is 7.89. The van der Waals surface area contributed by atoms with Gasteiger partial charge in [0, 0.05) is 24.7 Å². The van der Waals surface area contributed by atoms with E-state index >= 15 is 0 Å². The van der Waals surface area contributed by atoms with Crippen LogP contribution in [0.5, 0.6) is 0 Å². The van der Waals surface area contributed by atoms with Gasteiger partial charge in [-0.05, 0) is 18.2 Å². The summed E-state index contributed by atoms with van der Waals surface area (Å²) in [7, 11) is 2.89. The Hall–Kier alpha value is -0.670. The Balaban J connectivity index is 0.000000461. The average Bonchev–Trinajstić information content (AvgIpc) is 2.08. The highest BCUT2D eigenvalue weighted by molar-refractivity contribution is 7.80. The molecule has 0 heterocycles. The number of aliphatic hydroxyl groups is 1. The molecule has 0 fully saturated rings. The highest BCUT2D eigenvalue weighted by atomic mass is 32.1. The fourth-order valence-electron chi connectivity index (χ4n) is 0.661. The van der Waals surface area contributed by atoms with Crippen molar-refractivity contribution in [3.05, 3.63) is 24.3 Å². The monoisotopic (exact) mass is 171 g/mol. The van der Waals surface area contributed by atoms with Crippen LogP contribution in [-0.2, 0) is 0 Å². The van der Waals surface area contributed by atoms with Crippen LogP contribution in [0, 0.1) is 0 Å². The predicted octanol–water partition coefficient (Wildman–Crippen LogP) is 1.63. The molecule has 1 aromatic rings. The number of nitrogens with one attached hydrogen (secondary N) is 1. The average molecular weight is 171 g/mol. The van der Waals surface area contributed by atoms with E-state index in [-0.39, 0.29) is 0 Å². The van der Waals surface area contributed by atoms with Gasteiger partial charge < -0.3 is 10.4 Å². The molecule has 0 aliphatic heterocycles. The van der Waals surface area contributed by atoms with Crippen LogP contribution in [0.2, 0.25) is 0 Å². The van der Waals surface area contributed by atoms with Gasteiger partial charge in [-0.2, -0.15) is 0 Å². The summed E-state index contributed by atoms with van der Waals surface area (Å²) in [5.74, 6) is 0. The first kappa shape index (κ1) is 10.3. The van der Waals surface area contributed by atoms with E-state index in [1.807, 2.05) is 31.3 Å². The van der Waals surface area contributed by atoms with E-state index in [2.05, 4.69) is 17.9 Å². The lowest BCUT2D eigenvalue weighted by Gasteiger charge is -1.97. The van der Waals surface area contributed by atoms with Gasteiger partial charge in [0.1, 0.15) is 0 Å². The topological polar surface area (TPSA) is 32.3 Å². The Morgan fingerprint density at radius 2 is 2.00 bits per heavy atom. The SMILES string of the molecule is CNc1cccc(S)c1.CO. The van der Waals surface area contributed by atoms with E-state index in [9.17, 15) is 0 Å². The highest BCUT2D eigenvalue weighted by Gasteiger charge is 1.85. The first-order valence-electron chi connectivity index (χ1n) is 3.24. The molecule has 0 bridgehead atoms. The van der Waals surface area contributed by atoms with Crippen molar-refractivity contribution in [2.45, 2.75) is 4.90 Å². The third kappa shape index (κ3) is 3.91. The van der Waals surface area contributed by atoms with Crippen molar-refractivity contribution in [1.29, 1.82) is 0 Å². The molecule has 0 saturated heterocycles. The second kappa shape index (κ2) is 6.07. The highest BCUT2D eigenvalue weighted by Crippen LogP contribution is 2.11. The Labute approximate surface area is 72.7 Å². The molecule has 0 radical (unpaired) electrons. The smallest absolute Gasteiger partial charge is 0.0348 e. The minimum Gasteiger partial charge on any atom is -0.400 e. The van der Waals surface area contributed by atoms with Crippen molar-refractivity contribution in [2.24, 2.45) is 0 Å². The van der Waals surface area contributed by atoms with Gasteiger partial charge in [0.25, 0.3) is 0 Å². The van der Waals surface area contributed by atoms with Crippen LogP contribution in [0.4, 0.5) is 5.69 Å². The van der Waals surface area contributed by atoms with Crippen LogP contribution >= 0.6 is 12.6 Å². The van der Waals surface area contributed by atoms with Gasteiger partial charge >= 0.3 is 0 Å². The number of benzene rings is 1. The summed E-state index contributed by atoms with van der Waals surface area (Å²) < 4.78 is 0. The van der Waals surface area contributed by atoms with Gasteiger partial charge in [0.05, 0.1) is 0 Å². The van der Waals surface area contributed by atoms with E-state index in [1.54, 1.807) is 0 Å². The second-order valence-electron chi connectivity index (χ2n) is 1.80. The van der Waals surface area contributed by atoms with Gasteiger partial charge in [-0.25, -0.2) is 0 Å². The minimum atomic E-state index is 0.988. The molecule has 11 heavy (non-hydrogen) atoms. The molecule has 0 unspecified atom stereocenters. The van der Waals surface area contributed by atoms with Crippen LogP contribution in [0.25, 0.3) is 0 Å². The number of anilines is 1. The number of hydrogen-bond acceptors (Lipinski definition) is 3. The van der Waals surface area contributed by atoms with Crippen molar-refractivity contribution in [3.63, 3.8) is 0 Å². The summed E-state index contributed by atoms with van der Waals surface area (Å²) in [4.78, 5) is 0.988. The molecule has 0 aromatic heterocycles. The standard InChI is InChI=1S/C7H9NS.CH4O/c1-8-6-3-2-4-7(9)5-6;1-2/h2-5,8-9H,1H3;2H,1H3. The minimum absolute atomic E-state index is 0.988. The van der Waals surface area contributed by atoms with Crippen LogP contribution in [0.15, 0.2) is 29.2 Å². The lowest BCUT2D eigenvalue weighted by molar-refractivity contribution is 0.399. The lowest BCUT2D eigenvalue weighted by atomic mass is 10.3. The van der Waals surface area contributed by atoms with Crippen molar-refractivity contribution in [1.82, 2.24) is 0 Å². The summed E-state index contributed by atoms with van der Waals surface area (Å²) in [5.41, 5.74) is 1.10. The lowest BCUT2D eigenvalue weighted by Crippen LogP contribution is -1.85. The van der Waals surface area contributed by atoms with Gasteiger partial charge in [-0.15, -0.1) is 12.6 Å². The fourth-order valence-corrected chi connectivity index (χ4v) is 0.887. The number of rotatable bonds is 1. The Morgan fingerprint density at radius 3 is 2.36 bits per heavy atom. The molecular formula is C8H13NOS. The van der Waals surface area contributed by atoms with Gasteiger partial charge in [-0.1, -0.05) is 6.07 Å². The van der Waals surface area contributed by atoms with E-state index < -0.39 is 0 Å². The van der Waals surface area contributed by atoms with E-state index in [0.29, 0.717) is 0 Å². The molecule has 2 nitrogen and oxygen atoms in total. The molecule has 0 aliphatic carbocycles. The summed E-state index contributed by atoms with van der Waals surface area (Å²) >= 11 is 4.17. The Bertz CT molecular complexity index is 203. The second-order valence-corrected chi connectivity index (χ2v) is 2.32. The zero-order valence-corrected chi connectivity index (χ0v) is 7.60. The van der Waals surface area contributed by atoms with Crippen molar-refractivity contribution in [3.8, 4) is 0 Å². The molecule has 62 valence electrons. The van der Waals surface area contributed by atoms with Crippen LogP contribution in [-0.4, -0.2) is 19.3 Å². The number of aliphatic hydroxyl groups excluding tert-OH is 1. The Morgan fingerprint density at radius 1 is 1.36 bits per heavy atom.